The van der Waals surface area contributed by atoms with Crippen LogP contribution in [-0.2, 0) is 7.05 Å². The molecule has 1 amide bonds. The van der Waals surface area contributed by atoms with Crippen LogP contribution in [0.2, 0.25) is 0 Å². The summed E-state index contributed by atoms with van der Waals surface area (Å²) in [6, 6.07) is 0. The zero-order valence-corrected chi connectivity index (χ0v) is 10.9. The van der Waals surface area contributed by atoms with Gasteiger partial charge in [-0.2, -0.15) is 5.10 Å². The van der Waals surface area contributed by atoms with Crippen molar-refractivity contribution in [1.29, 1.82) is 0 Å². The van der Waals surface area contributed by atoms with Crippen LogP contribution in [0.4, 0.5) is 0 Å². The summed E-state index contributed by atoms with van der Waals surface area (Å²) in [5, 5.41) is 15.8. The molecule has 0 saturated heterocycles. The third kappa shape index (κ3) is 3.56. The van der Waals surface area contributed by atoms with E-state index in [1.54, 1.807) is 10.9 Å². The van der Waals surface area contributed by atoms with Gasteiger partial charge < -0.3 is 10.4 Å². The van der Waals surface area contributed by atoms with Crippen molar-refractivity contribution in [3.63, 3.8) is 0 Å². The number of nitrogens with one attached hydrogen (secondary N) is 1. The molecule has 1 aromatic rings. The van der Waals surface area contributed by atoms with E-state index in [1.165, 1.54) is 0 Å². The fraction of sp³-hybridized carbons (Fsp3) is 0.667. The van der Waals surface area contributed by atoms with Crippen molar-refractivity contribution < 1.29 is 9.90 Å². The van der Waals surface area contributed by atoms with Gasteiger partial charge in [-0.05, 0) is 18.8 Å². The van der Waals surface area contributed by atoms with Gasteiger partial charge in [0.25, 0.3) is 5.91 Å². The van der Waals surface area contributed by atoms with Crippen molar-refractivity contribution in [3.05, 3.63) is 17.5 Å². The fourth-order valence-corrected chi connectivity index (χ4v) is 1.53. The highest BCUT2D eigenvalue weighted by atomic mass is 16.3. The van der Waals surface area contributed by atoms with E-state index in [9.17, 15) is 4.79 Å². The van der Waals surface area contributed by atoms with Gasteiger partial charge in [0, 0.05) is 25.9 Å². The maximum atomic E-state index is 11.9. The van der Waals surface area contributed by atoms with Gasteiger partial charge in [0.15, 0.2) is 0 Å². The molecule has 1 rings (SSSR count). The highest BCUT2D eigenvalue weighted by Gasteiger charge is 2.20. The van der Waals surface area contributed by atoms with Crippen molar-refractivity contribution in [2.24, 2.45) is 12.5 Å². The number of aromatic nitrogens is 2. The normalized spacial score (nSPS) is 11.6. The third-order valence-corrected chi connectivity index (χ3v) is 3.00. The Hall–Kier alpha value is -1.36. The smallest absolute Gasteiger partial charge is 0.254 e. The number of rotatable bonds is 5. The van der Waals surface area contributed by atoms with Gasteiger partial charge in [0.2, 0.25) is 0 Å². The molecule has 0 bridgehead atoms. The highest BCUT2D eigenvalue weighted by molar-refractivity contribution is 5.95. The Kier molecular flexibility index (Phi) is 4.28. The molecule has 1 heterocycles. The Morgan fingerprint density at radius 1 is 1.59 bits per heavy atom. The van der Waals surface area contributed by atoms with Crippen molar-refractivity contribution in [2.45, 2.75) is 27.2 Å². The Morgan fingerprint density at radius 3 is 2.71 bits per heavy atom. The van der Waals surface area contributed by atoms with Crippen LogP contribution >= 0.6 is 0 Å². The van der Waals surface area contributed by atoms with Crippen LogP contribution in [0, 0.1) is 12.3 Å². The largest absolute Gasteiger partial charge is 0.396 e. The first-order valence-corrected chi connectivity index (χ1v) is 5.75. The maximum Gasteiger partial charge on any atom is 0.254 e. The molecule has 17 heavy (non-hydrogen) atoms. The van der Waals surface area contributed by atoms with Crippen LogP contribution in [-0.4, -0.2) is 33.9 Å². The first kappa shape index (κ1) is 13.7. The molecule has 0 aromatic carbocycles. The summed E-state index contributed by atoms with van der Waals surface area (Å²) >= 11 is 0. The first-order valence-electron chi connectivity index (χ1n) is 5.75. The van der Waals surface area contributed by atoms with E-state index >= 15 is 0 Å². The van der Waals surface area contributed by atoms with Gasteiger partial charge in [0.05, 0.1) is 11.8 Å². The van der Waals surface area contributed by atoms with E-state index in [2.05, 4.69) is 10.4 Å². The van der Waals surface area contributed by atoms with Crippen LogP contribution in [0.1, 0.15) is 36.3 Å². The zero-order valence-electron chi connectivity index (χ0n) is 10.9. The van der Waals surface area contributed by atoms with Gasteiger partial charge in [-0.3, -0.25) is 9.48 Å². The van der Waals surface area contributed by atoms with Crippen LogP contribution in [0.25, 0.3) is 0 Å². The summed E-state index contributed by atoms with van der Waals surface area (Å²) in [5.41, 5.74) is 1.36. The predicted octanol–water partition coefficient (Wildman–Crippen LogP) is 0.867. The lowest BCUT2D eigenvalue weighted by atomic mass is 9.89. The number of carbonyl (C=O) groups is 1. The summed E-state index contributed by atoms with van der Waals surface area (Å²) in [5.74, 6) is -0.110. The standard InChI is InChI=1S/C12H21N3O2/c1-9-10(7-14-15(9)4)11(17)13-8-12(2,3)5-6-16/h7,16H,5-6,8H2,1-4H3,(H,13,17). The highest BCUT2D eigenvalue weighted by Crippen LogP contribution is 2.18. The number of carbonyl (C=O) groups excluding carboxylic acids is 1. The lowest BCUT2D eigenvalue weighted by Gasteiger charge is -2.23. The molecular weight excluding hydrogens is 218 g/mol. The average molecular weight is 239 g/mol. The van der Waals surface area contributed by atoms with Crippen LogP contribution in [0.5, 0.6) is 0 Å². The van der Waals surface area contributed by atoms with Crippen molar-refractivity contribution in [3.8, 4) is 0 Å². The number of amides is 1. The van der Waals surface area contributed by atoms with E-state index in [0.717, 1.165) is 5.69 Å². The summed E-state index contributed by atoms with van der Waals surface area (Å²) in [6.45, 7) is 6.56. The summed E-state index contributed by atoms with van der Waals surface area (Å²) in [6.07, 6.45) is 2.24. The summed E-state index contributed by atoms with van der Waals surface area (Å²) in [7, 11) is 1.81. The van der Waals surface area contributed by atoms with Crippen molar-refractivity contribution in [2.75, 3.05) is 13.2 Å². The molecule has 0 aliphatic heterocycles. The lowest BCUT2D eigenvalue weighted by Crippen LogP contribution is -2.34. The molecule has 0 saturated carbocycles. The molecule has 0 fully saturated rings. The predicted molar refractivity (Wildman–Crippen MR) is 65.8 cm³/mol. The van der Waals surface area contributed by atoms with Crippen LogP contribution in [0.15, 0.2) is 6.20 Å². The molecule has 0 radical (unpaired) electrons. The van der Waals surface area contributed by atoms with Gasteiger partial charge >= 0.3 is 0 Å². The second kappa shape index (κ2) is 5.31. The third-order valence-electron chi connectivity index (χ3n) is 3.00. The summed E-state index contributed by atoms with van der Waals surface area (Å²) in [4.78, 5) is 11.9. The number of aliphatic hydroxyl groups excluding tert-OH is 1. The molecule has 0 aliphatic carbocycles. The average Bonchev–Trinajstić information content (AvgIpc) is 2.57. The molecular formula is C12H21N3O2. The Balaban J connectivity index is 2.59. The van der Waals surface area contributed by atoms with Crippen LogP contribution < -0.4 is 5.32 Å². The van der Waals surface area contributed by atoms with E-state index < -0.39 is 0 Å². The summed E-state index contributed by atoms with van der Waals surface area (Å²) < 4.78 is 1.67. The maximum absolute atomic E-state index is 11.9. The van der Waals surface area contributed by atoms with E-state index in [4.69, 9.17) is 5.11 Å². The molecule has 0 spiro atoms. The van der Waals surface area contributed by atoms with Gasteiger partial charge in [-0.15, -0.1) is 0 Å². The molecule has 1 aromatic heterocycles. The number of hydrogen-bond acceptors (Lipinski definition) is 3. The molecule has 2 N–H and O–H groups in total. The van der Waals surface area contributed by atoms with E-state index in [1.807, 2.05) is 27.8 Å². The molecule has 0 aliphatic rings. The van der Waals surface area contributed by atoms with Crippen molar-refractivity contribution in [1.82, 2.24) is 15.1 Å². The Morgan fingerprint density at radius 2 is 2.24 bits per heavy atom. The van der Waals surface area contributed by atoms with Gasteiger partial charge in [-0.1, -0.05) is 13.8 Å². The topological polar surface area (TPSA) is 67.2 Å². The van der Waals surface area contributed by atoms with E-state index in [-0.39, 0.29) is 17.9 Å². The molecule has 0 atom stereocenters. The van der Waals surface area contributed by atoms with Gasteiger partial charge in [0.1, 0.15) is 0 Å². The molecule has 5 nitrogen and oxygen atoms in total. The molecule has 96 valence electrons. The number of nitrogens with zero attached hydrogens (tertiary/aromatic N) is 2. The molecule has 0 unspecified atom stereocenters. The van der Waals surface area contributed by atoms with Crippen LogP contribution in [0.3, 0.4) is 0 Å². The fourth-order valence-electron chi connectivity index (χ4n) is 1.53. The minimum absolute atomic E-state index is 0.0967. The van der Waals surface area contributed by atoms with E-state index in [0.29, 0.717) is 18.5 Å². The first-order chi connectivity index (χ1) is 7.87. The number of aryl methyl sites for hydroxylation is 1. The quantitative estimate of drug-likeness (QED) is 0.801. The molecule has 5 heteroatoms. The number of aliphatic hydroxyl groups is 1. The Labute approximate surface area is 102 Å². The second-order valence-electron chi connectivity index (χ2n) is 5.09. The lowest BCUT2D eigenvalue weighted by molar-refractivity contribution is 0.0927. The zero-order chi connectivity index (χ0) is 13.1. The van der Waals surface area contributed by atoms with Gasteiger partial charge in [-0.25, -0.2) is 0 Å². The monoisotopic (exact) mass is 239 g/mol. The minimum Gasteiger partial charge on any atom is -0.396 e. The second-order valence-corrected chi connectivity index (χ2v) is 5.09. The Bertz CT molecular complexity index is 396. The SMILES string of the molecule is Cc1c(C(=O)NCC(C)(C)CCO)cnn1C. The van der Waals surface area contributed by atoms with Crippen molar-refractivity contribution >= 4 is 5.91 Å². The minimum atomic E-state index is -0.110. The number of hydrogen-bond donors (Lipinski definition) is 2.